The van der Waals surface area contributed by atoms with Crippen LogP contribution in [-0.2, 0) is 0 Å². The fraction of sp³-hybridized carbons (Fsp3) is 0. The number of hydrogen-bond donors (Lipinski definition) is 5. The molecule has 0 unspecified atom stereocenters. The molecule has 6 heteroatoms. The zero-order chi connectivity index (χ0) is 18.1. The second-order valence-electron chi connectivity index (χ2n) is 5.57. The Hall–Kier alpha value is -3.67. The summed E-state index contributed by atoms with van der Waals surface area (Å²) >= 11 is 0. The van der Waals surface area contributed by atoms with Gasteiger partial charge in [-0.05, 0) is 41.5 Å². The zero-order valence-corrected chi connectivity index (χ0v) is 13.1. The average Bonchev–Trinajstić information content (AvgIpc) is 2.58. The third kappa shape index (κ3) is 2.92. The van der Waals surface area contributed by atoms with Gasteiger partial charge in [-0.25, -0.2) is 4.79 Å². The maximum absolute atomic E-state index is 11.6. The number of carboxylic acids is 1. The Balaban J connectivity index is 2.26. The summed E-state index contributed by atoms with van der Waals surface area (Å²) in [5, 5.41) is 28.8. The van der Waals surface area contributed by atoms with E-state index in [1.807, 2.05) is 0 Å². The van der Waals surface area contributed by atoms with Gasteiger partial charge in [0, 0.05) is 16.8 Å². The van der Waals surface area contributed by atoms with Crippen molar-refractivity contribution >= 4 is 17.3 Å². The number of anilines is 2. The van der Waals surface area contributed by atoms with Gasteiger partial charge in [0.1, 0.15) is 11.5 Å². The summed E-state index contributed by atoms with van der Waals surface area (Å²) in [7, 11) is 0. The van der Waals surface area contributed by atoms with Gasteiger partial charge >= 0.3 is 5.97 Å². The number of hydrogen-bond acceptors (Lipinski definition) is 5. The second kappa shape index (κ2) is 6.09. The van der Waals surface area contributed by atoms with E-state index in [1.165, 1.54) is 24.3 Å². The number of nitrogens with two attached hydrogens (primary N) is 2. The van der Waals surface area contributed by atoms with E-state index in [0.29, 0.717) is 22.3 Å². The molecule has 0 aliphatic carbocycles. The molecular formula is C19H16N2O4. The molecule has 0 aliphatic rings. The van der Waals surface area contributed by atoms with E-state index in [2.05, 4.69) is 0 Å². The van der Waals surface area contributed by atoms with Crippen molar-refractivity contribution in [3.05, 3.63) is 60.2 Å². The number of nitrogen functional groups attached to an aromatic ring is 2. The summed E-state index contributed by atoms with van der Waals surface area (Å²) in [6.07, 6.45) is 0. The Morgan fingerprint density at radius 3 is 2.08 bits per heavy atom. The quantitative estimate of drug-likeness (QED) is 0.368. The minimum atomic E-state index is -1.11. The zero-order valence-electron chi connectivity index (χ0n) is 13.1. The number of phenols is 2. The molecule has 0 bridgehead atoms. The van der Waals surface area contributed by atoms with E-state index in [4.69, 9.17) is 11.5 Å². The lowest BCUT2D eigenvalue weighted by Crippen LogP contribution is -2.04. The van der Waals surface area contributed by atoms with E-state index in [-0.39, 0.29) is 28.4 Å². The summed E-state index contributed by atoms with van der Waals surface area (Å²) in [5.41, 5.74) is 14.5. The number of carbonyl (C=O) groups is 1. The highest BCUT2D eigenvalue weighted by Crippen LogP contribution is 2.39. The Morgan fingerprint density at radius 1 is 0.840 bits per heavy atom. The lowest BCUT2D eigenvalue weighted by atomic mass is 9.92. The highest BCUT2D eigenvalue weighted by Gasteiger charge is 2.18. The molecule has 0 aromatic heterocycles. The van der Waals surface area contributed by atoms with Crippen LogP contribution in [0.2, 0.25) is 0 Å². The van der Waals surface area contributed by atoms with Crippen molar-refractivity contribution in [1.29, 1.82) is 0 Å². The molecule has 0 spiro atoms. The van der Waals surface area contributed by atoms with Gasteiger partial charge in [-0.2, -0.15) is 0 Å². The van der Waals surface area contributed by atoms with Crippen molar-refractivity contribution < 1.29 is 20.1 Å². The summed E-state index contributed by atoms with van der Waals surface area (Å²) in [6, 6.07) is 13.9. The summed E-state index contributed by atoms with van der Waals surface area (Å²) < 4.78 is 0. The third-order valence-corrected chi connectivity index (χ3v) is 3.97. The molecule has 126 valence electrons. The first-order valence-electron chi connectivity index (χ1n) is 7.42. The van der Waals surface area contributed by atoms with Crippen molar-refractivity contribution in [2.24, 2.45) is 0 Å². The topological polar surface area (TPSA) is 130 Å². The van der Waals surface area contributed by atoms with Gasteiger partial charge in [-0.1, -0.05) is 24.3 Å². The summed E-state index contributed by atoms with van der Waals surface area (Å²) in [4.78, 5) is 11.6. The predicted octanol–water partition coefficient (Wildman–Crippen LogP) is 3.29. The number of aromatic carboxylic acids is 1. The minimum Gasteiger partial charge on any atom is -0.508 e. The van der Waals surface area contributed by atoms with Gasteiger partial charge in [-0.3, -0.25) is 0 Å². The van der Waals surface area contributed by atoms with Gasteiger partial charge in [0.05, 0.1) is 11.3 Å². The number of benzene rings is 3. The Morgan fingerprint density at radius 2 is 1.48 bits per heavy atom. The summed E-state index contributed by atoms with van der Waals surface area (Å²) in [5.74, 6) is -1.12. The van der Waals surface area contributed by atoms with E-state index in [0.717, 1.165) is 0 Å². The molecule has 0 aliphatic heterocycles. The Labute approximate surface area is 143 Å². The standard InChI is InChI=1S/C19H16N2O4/c20-15-8-3-11(9-16(15)23)13-6-7-14(19(24)25)17(18(13)21)10-1-4-12(22)5-2-10/h1-9,22-23H,20-21H2,(H,24,25). The van der Waals surface area contributed by atoms with Crippen LogP contribution in [0, 0.1) is 0 Å². The van der Waals surface area contributed by atoms with E-state index in [1.54, 1.807) is 30.3 Å². The van der Waals surface area contributed by atoms with Gasteiger partial charge < -0.3 is 26.8 Å². The fourth-order valence-corrected chi connectivity index (χ4v) is 2.70. The van der Waals surface area contributed by atoms with Crippen LogP contribution in [-0.4, -0.2) is 21.3 Å². The van der Waals surface area contributed by atoms with Gasteiger partial charge in [0.25, 0.3) is 0 Å². The molecule has 0 saturated heterocycles. The monoisotopic (exact) mass is 336 g/mol. The Kier molecular flexibility index (Phi) is 3.94. The smallest absolute Gasteiger partial charge is 0.336 e. The number of aromatic hydroxyl groups is 2. The van der Waals surface area contributed by atoms with Gasteiger partial charge in [0.15, 0.2) is 0 Å². The van der Waals surface area contributed by atoms with Crippen LogP contribution in [0.1, 0.15) is 10.4 Å². The van der Waals surface area contributed by atoms with Crippen LogP contribution >= 0.6 is 0 Å². The maximum Gasteiger partial charge on any atom is 0.336 e. The van der Waals surface area contributed by atoms with Crippen molar-refractivity contribution in [1.82, 2.24) is 0 Å². The van der Waals surface area contributed by atoms with E-state index < -0.39 is 5.97 Å². The minimum absolute atomic E-state index is 0.0478. The van der Waals surface area contributed by atoms with Crippen LogP contribution in [0.15, 0.2) is 54.6 Å². The highest BCUT2D eigenvalue weighted by molar-refractivity contribution is 6.03. The molecule has 3 rings (SSSR count). The van der Waals surface area contributed by atoms with Gasteiger partial charge in [-0.15, -0.1) is 0 Å². The van der Waals surface area contributed by atoms with Crippen molar-refractivity contribution in [2.75, 3.05) is 11.5 Å². The molecule has 7 N–H and O–H groups in total. The second-order valence-corrected chi connectivity index (χ2v) is 5.57. The number of phenolic OH excluding ortho intramolecular Hbond substituents is 2. The maximum atomic E-state index is 11.6. The first-order chi connectivity index (χ1) is 11.9. The van der Waals surface area contributed by atoms with Crippen LogP contribution < -0.4 is 11.5 Å². The van der Waals surface area contributed by atoms with E-state index >= 15 is 0 Å². The number of rotatable bonds is 3. The lowest BCUT2D eigenvalue weighted by molar-refractivity contribution is 0.0698. The SMILES string of the molecule is Nc1ccc(-c2ccc(C(=O)O)c(-c3ccc(O)cc3)c2N)cc1O. The molecule has 0 amide bonds. The van der Waals surface area contributed by atoms with Crippen LogP contribution in [0.5, 0.6) is 11.5 Å². The van der Waals surface area contributed by atoms with Crippen molar-refractivity contribution in [2.45, 2.75) is 0 Å². The molecule has 25 heavy (non-hydrogen) atoms. The largest absolute Gasteiger partial charge is 0.508 e. The van der Waals surface area contributed by atoms with Crippen LogP contribution in [0.25, 0.3) is 22.3 Å². The van der Waals surface area contributed by atoms with Crippen LogP contribution in [0.3, 0.4) is 0 Å². The van der Waals surface area contributed by atoms with Crippen molar-refractivity contribution in [3.63, 3.8) is 0 Å². The molecule has 3 aromatic carbocycles. The van der Waals surface area contributed by atoms with E-state index in [9.17, 15) is 20.1 Å². The molecule has 0 fully saturated rings. The fourth-order valence-electron chi connectivity index (χ4n) is 2.70. The lowest BCUT2D eigenvalue weighted by Gasteiger charge is -2.15. The molecule has 0 atom stereocenters. The van der Waals surface area contributed by atoms with Gasteiger partial charge in [0.2, 0.25) is 0 Å². The van der Waals surface area contributed by atoms with Crippen molar-refractivity contribution in [3.8, 4) is 33.8 Å². The Bertz CT molecular complexity index is 966. The van der Waals surface area contributed by atoms with Crippen LogP contribution in [0.4, 0.5) is 11.4 Å². The molecular weight excluding hydrogens is 320 g/mol. The molecule has 0 radical (unpaired) electrons. The third-order valence-electron chi connectivity index (χ3n) is 3.97. The highest BCUT2D eigenvalue weighted by atomic mass is 16.4. The first-order valence-corrected chi connectivity index (χ1v) is 7.42. The molecule has 6 nitrogen and oxygen atoms in total. The molecule has 0 saturated carbocycles. The molecule has 3 aromatic rings. The molecule has 0 heterocycles. The first kappa shape index (κ1) is 16.2. The normalized spacial score (nSPS) is 10.6. The summed E-state index contributed by atoms with van der Waals surface area (Å²) in [6.45, 7) is 0. The predicted molar refractivity (Wildman–Crippen MR) is 96.4 cm³/mol. The number of carboxylic acid groups (broad SMARTS) is 1. The average molecular weight is 336 g/mol.